The normalized spacial score (nSPS) is 11.6. The van der Waals surface area contributed by atoms with E-state index >= 15 is 0 Å². The highest BCUT2D eigenvalue weighted by molar-refractivity contribution is 6.33. The van der Waals surface area contributed by atoms with Crippen molar-refractivity contribution in [3.63, 3.8) is 0 Å². The van der Waals surface area contributed by atoms with Crippen LogP contribution in [0.25, 0.3) is 0 Å². The fourth-order valence-electron chi connectivity index (χ4n) is 2.02. The zero-order valence-corrected chi connectivity index (χ0v) is 11.5. The smallest absolute Gasteiger partial charge is 0.0647 e. The number of hydrogen-bond acceptors (Lipinski definition) is 2. The molecule has 1 N–H and O–H groups in total. The lowest BCUT2D eigenvalue weighted by Crippen LogP contribution is -2.11. The van der Waals surface area contributed by atoms with E-state index in [1.807, 2.05) is 55.5 Å². The minimum absolute atomic E-state index is 0.0511. The molecule has 2 aromatic rings. The Morgan fingerprint density at radius 2 is 1.89 bits per heavy atom. The third kappa shape index (κ3) is 3.27. The van der Waals surface area contributed by atoms with Gasteiger partial charge in [0.25, 0.3) is 0 Å². The van der Waals surface area contributed by atoms with E-state index in [-0.39, 0.29) is 6.04 Å². The number of halogens is 1. The van der Waals surface area contributed by atoms with Crippen LogP contribution in [0.4, 0.5) is 5.69 Å². The Kier molecular flexibility index (Phi) is 4.43. The van der Waals surface area contributed by atoms with Crippen LogP contribution in [-0.4, -0.2) is 0 Å². The van der Waals surface area contributed by atoms with Crippen molar-refractivity contribution >= 4 is 17.3 Å². The molecule has 2 rings (SSSR count). The Morgan fingerprint density at radius 1 is 1.16 bits per heavy atom. The second-order valence-corrected chi connectivity index (χ2v) is 4.81. The van der Waals surface area contributed by atoms with Gasteiger partial charge in [-0.3, -0.25) is 0 Å². The summed E-state index contributed by atoms with van der Waals surface area (Å²) in [4.78, 5) is 0. The van der Waals surface area contributed by atoms with Crippen molar-refractivity contribution in [3.8, 4) is 6.07 Å². The number of hydrogen-bond donors (Lipinski definition) is 1. The van der Waals surface area contributed by atoms with E-state index in [1.165, 1.54) is 0 Å². The summed E-state index contributed by atoms with van der Waals surface area (Å²) in [5.74, 6) is 0. The van der Waals surface area contributed by atoms with Crippen molar-refractivity contribution in [3.05, 3.63) is 64.7 Å². The Bertz CT molecular complexity index is 567. The maximum Gasteiger partial charge on any atom is 0.0647 e. The topological polar surface area (TPSA) is 35.8 Å². The zero-order chi connectivity index (χ0) is 13.7. The van der Waals surface area contributed by atoms with Gasteiger partial charge in [-0.05, 0) is 24.1 Å². The number of benzene rings is 2. The van der Waals surface area contributed by atoms with Gasteiger partial charge in [-0.2, -0.15) is 5.26 Å². The van der Waals surface area contributed by atoms with E-state index in [1.54, 1.807) is 0 Å². The fraction of sp³-hybridized carbons (Fsp3) is 0.188. The van der Waals surface area contributed by atoms with Gasteiger partial charge in [0.2, 0.25) is 0 Å². The van der Waals surface area contributed by atoms with Crippen molar-refractivity contribution < 1.29 is 0 Å². The van der Waals surface area contributed by atoms with Gasteiger partial charge >= 0.3 is 0 Å². The molecule has 2 aromatic carbocycles. The van der Waals surface area contributed by atoms with Crippen LogP contribution in [0.3, 0.4) is 0 Å². The minimum Gasteiger partial charge on any atom is -0.376 e. The third-order valence-corrected chi connectivity index (χ3v) is 3.35. The first-order chi connectivity index (χ1) is 9.22. The molecule has 3 heteroatoms. The van der Waals surface area contributed by atoms with Gasteiger partial charge < -0.3 is 5.32 Å². The second-order valence-electron chi connectivity index (χ2n) is 4.40. The maximum atomic E-state index is 8.99. The quantitative estimate of drug-likeness (QED) is 0.873. The van der Waals surface area contributed by atoms with E-state index in [0.29, 0.717) is 11.4 Å². The number of nitrogens with zero attached hydrogens (tertiary/aromatic N) is 1. The van der Waals surface area contributed by atoms with Gasteiger partial charge in [0.1, 0.15) is 0 Å². The number of aryl methyl sites for hydroxylation is 1. The average molecular weight is 271 g/mol. The van der Waals surface area contributed by atoms with Crippen LogP contribution >= 0.6 is 11.6 Å². The third-order valence-electron chi connectivity index (χ3n) is 3.04. The van der Waals surface area contributed by atoms with Crippen LogP contribution in [0.2, 0.25) is 5.02 Å². The van der Waals surface area contributed by atoms with E-state index < -0.39 is 0 Å². The molecule has 0 radical (unpaired) electrons. The number of rotatable bonds is 4. The van der Waals surface area contributed by atoms with E-state index in [0.717, 1.165) is 16.8 Å². The predicted octanol–water partition coefficient (Wildman–Crippen LogP) is 4.72. The molecule has 0 saturated carbocycles. The minimum atomic E-state index is -0.0511. The van der Waals surface area contributed by atoms with Crippen LogP contribution in [-0.2, 0) is 0 Å². The largest absolute Gasteiger partial charge is 0.376 e. The summed E-state index contributed by atoms with van der Waals surface area (Å²) < 4.78 is 0. The molecule has 96 valence electrons. The van der Waals surface area contributed by atoms with E-state index in [2.05, 4.69) is 11.4 Å². The molecule has 2 nitrogen and oxygen atoms in total. The van der Waals surface area contributed by atoms with Gasteiger partial charge in [0, 0.05) is 0 Å². The summed E-state index contributed by atoms with van der Waals surface area (Å²) >= 11 is 6.22. The lowest BCUT2D eigenvalue weighted by molar-refractivity contribution is 0.805. The summed E-state index contributed by atoms with van der Waals surface area (Å²) in [7, 11) is 0. The number of nitrogens with one attached hydrogen (secondary N) is 1. The summed E-state index contributed by atoms with van der Waals surface area (Å²) in [6.45, 7) is 2.00. The monoisotopic (exact) mass is 270 g/mol. The van der Waals surface area contributed by atoms with Crippen LogP contribution in [0.1, 0.15) is 23.6 Å². The first-order valence-electron chi connectivity index (χ1n) is 6.16. The number of para-hydroxylation sites is 1. The van der Waals surface area contributed by atoms with Crippen LogP contribution < -0.4 is 5.32 Å². The van der Waals surface area contributed by atoms with Gasteiger partial charge in [0.15, 0.2) is 0 Å². The average Bonchev–Trinajstić information content (AvgIpc) is 2.43. The molecular formula is C16H15ClN2. The first-order valence-corrected chi connectivity index (χ1v) is 6.53. The Labute approximate surface area is 118 Å². The highest BCUT2D eigenvalue weighted by atomic mass is 35.5. The predicted molar refractivity (Wildman–Crippen MR) is 79.2 cm³/mol. The lowest BCUT2D eigenvalue weighted by atomic mass is 10.0. The molecule has 1 atom stereocenters. The molecule has 0 amide bonds. The molecule has 0 aliphatic heterocycles. The molecule has 0 spiro atoms. The molecule has 0 aliphatic rings. The SMILES string of the molecule is Cc1cccc(Cl)c1NC(CC#N)c1ccccc1. The molecule has 0 fully saturated rings. The standard InChI is InChI=1S/C16H15ClN2/c1-12-6-5-9-14(17)16(12)19-15(10-11-18)13-7-3-2-4-8-13/h2-9,15,19H,10H2,1H3. The molecule has 19 heavy (non-hydrogen) atoms. The molecular weight excluding hydrogens is 256 g/mol. The van der Waals surface area contributed by atoms with Gasteiger partial charge in [-0.1, -0.05) is 54.1 Å². The Morgan fingerprint density at radius 3 is 2.53 bits per heavy atom. The summed E-state index contributed by atoms with van der Waals surface area (Å²) in [6, 6.07) is 17.9. The molecule has 0 saturated heterocycles. The molecule has 0 aromatic heterocycles. The van der Waals surface area contributed by atoms with Gasteiger partial charge in [-0.25, -0.2) is 0 Å². The summed E-state index contributed by atoms with van der Waals surface area (Å²) in [5, 5.41) is 13.0. The van der Waals surface area contributed by atoms with Crippen molar-refractivity contribution in [2.24, 2.45) is 0 Å². The zero-order valence-electron chi connectivity index (χ0n) is 10.7. The highest BCUT2D eigenvalue weighted by Crippen LogP contribution is 2.30. The van der Waals surface area contributed by atoms with E-state index in [9.17, 15) is 0 Å². The molecule has 0 bridgehead atoms. The lowest BCUT2D eigenvalue weighted by Gasteiger charge is -2.20. The Hall–Kier alpha value is -1.98. The van der Waals surface area contributed by atoms with Crippen molar-refractivity contribution in [1.29, 1.82) is 5.26 Å². The molecule has 0 aliphatic carbocycles. The van der Waals surface area contributed by atoms with Crippen LogP contribution in [0.5, 0.6) is 0 Å². The van der Waals surface area contributed by atoms with Crippen molar-refractivity contribution in [1.82, 2.24) is 0 Å². The van der Waals surface area contributed by atoms with Crippen LogP contribution in [0, 0.1) is 18.3 Å². The first kappa shape index (κ1) is 13.5. The van der Waals surface area contributed by atoms with Gasteiger partial charge in [0.05, 0.1) is 29.2 Å². The second kappa shape index (κ2) is 6.26. The Balaban J connectivity index is 2.30. The summed E-state index contributed by atoms with van der Waals surface area (Å²) in [6.07, 6.45) is 0.397. The van der Waals surface area contributed by atoms with Crippen molar-refractivity contribution in [2.75, 3.05) is 5.32 Å². The fourth-order valence-corrected chi connectivity index (χ4v) is 2.29. The number of anilines is 1. The van der Waals surface area contributed by atoms with E-state index in [4.69, 9.17) is 16.9 Å². The molecule has 1 unspecified atom stereocenters. The molecule has 0 heterocycles. The van der Waals surface area contributed by atoms with Crippen LogP contribution in [0.15, 0.2) is 48.5 Å². The number of nitriles is 1. The highest BCUT2D eigenvalue weighted by Gasteiger charge is 2.13. The van der Waals surface area contributed by atoms with Crippen molar-refractivity contribution in [2.45, 2.75) is 19.4 Å². The maximum absolute atomic E-state index is 8.99. The van der Waals surface area contributed by atoms with Gasteiger partial charge in [-0.15, -0.1) is 0 Å². The summed E-state index contributed by atoms with van der Waals surface area (Å²) in [5.41, 5.74) is 3.06.